The van der Waals surface area contributed by atoms with Crippen molar-refractivity contribution in [2.24, 2.45) is 0 Å². The Morgan fingerprint density at radius 2 is 2.00 bits per heavy atom. The highest BCUT2D eigenvalue weighted by molar-refractivity contribution is 9.10. The first-order valence-electron chi connectivity index (χ1n) is 2.98. The zero-order chi connectivity index (χ0) is 8.43. The number of nitrogens with one attached hydrogen (secondary N) is 1. The van der Waals surface area contributed by atoms with E-state index in [4.69, 9.17) is 0 Å². The van der Waals surface area contributed by atoms with Crippen LogP contribution in [0.5, 0.6) is 0 Å². The van der Waals surface area contributed by atoms with Crippen LogP contribution in [0.2, 0.25) is 0 Å². The smallest absolute Gasteiger partial charge is 0.163 e. The van der Waals surface area contributed by atoms with Gasteiger partial charge in [0.05, 0.1) is 4.47 Å². The molecule has 0 aliphatic rings. The second-order valence-corrected chi connectivity index (χ2v) is 2.82. The van der Waals surface area contributed by atoms with Gasteiger partial charge in [-0.25, -0.2) is 8.78 Å². The summed E-state index contributed by atoms with van der Waals surface area (Å²) in [6, 6.07) is 2.52. The van der Waals surface area contributed by atoms with E-state index in [2.05, 4.69) is 21.2 Å². The quantitative estimate of drug-likeness (QED) is 0.720. The second-order valence-electron chi connectivity index (χ2n) is 1.97. The average Bonchev–Trinajstić information content (AvgIpc) is 1.99. The van der Waals surface area contributed by atoms with E-state index in [0.717, 1.165) is 0 Å². The number of hydrogen-bond donors (Lipinski definition) is 1. The first kappa shape index (κ1) is 8.46. The summed E-state index contributed by atoms with van der Waals surface area (Å²) in [5.41, 5.74) is -0.112. The third kappa shape index (κ3) is 1.50. The van der Waals surface area contributed by atoms with Gasteiger partial charge in [0, 0.05) is 7.05 Å². The molecule has 1 aromatic rings. The van der Waals surface area contributed by atoms with Crippen molar-refractivity contribution in [3.8, 4) is 0 Å². The molecule has 0 saturated carbocycles. The molecule has 0 bridgehead atoms. The van der Waals surface area contributed by atoms with Crippen molar-refractivity contribution in [2.75, 3.05) is 12.4 Å². The Labute approximate surface area is 71.5 Å². The summed E-state index contributed by atoms with van der Waals surface area (Å²) in [5, 5.41) is 2.42. The van der Waals surface area contributed by atoms with Crippen molar-refractivity contribution in [2.45, 2.75) is 0 Å². The van der Waals surface area contributed by atoms with E-state index in [9.17, 15) is 8.78 Å². The predicted molar refractivity (Wildman–Crippen MR) is 43.6 cm³/mol. The molecule has 0 aliphatic heterocycles. The lowest BCUT2D eigenvalue weighted by molar-refractivity contribution is 0.585. The monoisotopic (exact) mass is 221 g/mol. The molecule has 0 atom stereocenters. The predicted octanol–water partition coefficient (Wildman–Crippen LogP) is 2.77. The highest BCUT2D eigenvalue weighted by atomic mass is 79.9. The lowest BCUT2D eigenvalue weighted by Gasteiger charge is -2.03. The van der Waals surface area contributed by atoms with Crippen LogP contribution < -0.4 is 5.32 Å². The van der Waals surface area contributed by atoms with Crippen molar-refractivity contribution in [3.63, 3.8) is 0 Å². The minimum Gasteiger partial charge on any atom is -0.383 e. The number of rotatable bonds is 1. The Balaban J connectivity index is 3.29. The molecule has 0 heterocycles. The molecule has 1 aromatic carbocycles. The van der Waals surface area contributed by atoms with Gasteiger partial charge in [-0.1, -0.05) is 0 Å². The fourth-order valence-corrected chi connectivity index (χ4v) is 1.09. The molecule has 0 fully saturated rings. The molecule has 4 heteroatoms. The molecule has 1 rings (SSSR count). The van der Waals surface area contributed by atoms with Crippen molar-refractivity contribution in [1.82, 2.24) is 0 Å². The van der Waals surface area contributed by atoms with Crippen LogP contribution in [0.15, 0.2) is 16.6 Å². The van der Waals surface area contributed by atoms with Crippen molar-refractivity contribution >= 4 is 21.6 Å². The number of benzene rings is 1. The fourth-order valence-electron chi connectivity index (χ4n) is 0.756. The average molecular weight is 222 g/mol. The highest BCUT2D eigenvalue weighted by Crippen LogP contribution is 2.24. The summed E-state index contributed by atoms with van der Waals surface area (Å²) >= 11 is 2.94. The van der Waals surface area contributed by atoms with Crippen molar-refractivity contribution in [1.29, 1.82) is 0 Å². The van der Waals surface area contributed by atoms with Crippen molar-refractivity contribution in [3.05, 3.63) is 28.2 Å². The molecule has 0 amide bonds. The van der Waals surface area contributed by atoms with Gasteiger partial charge in [-0.15, -0.1) is 0 Å². The minimum absolute atomic E-state index is 0.112. The lowest BCUT2D eigenvalue weighted by Crippen LogP contribution is -1.96. The maximum absolute atomic E-state index is 12.9. The van der Waals surface area contributed by atoms with Crippen LogP contribution in [0.25, 0.3) is 0 Å². The summed E-state index contributed by atoms with van der Waals surface area (Å²) < 4.78 is 25.9. The summed E-state index contributed by atoms with van der Waals surface area (Å²) in [4.78, 5) is 0. The summed E-state index contributed by atoms with van der Waals surface area (Å²) in [5.74, 6) is -1.19. The number of halogens is 3. The van der Waals surface area contributed by atoms with Crippen LogP contribution in [0.1, 0.15) is 0 Å². The summed E-state index contributed by atoms with van der Waals surface area (Å²) in [6.45, 7) is 0. The fraction of sp³-hybridized carbons (Fsp3) is 0.143. The van der Waals surface area contributed by atoms with Gasteiger partial charge in [-0.2, -0.15) is 0 Å². The van der Waals surface area contributed by atoms with Gasteiger partial charge in [0.25, 0.3) is 0 Å². The lowest BCUT2D eigenvalue weighted by atomic mass is 10.3. The molecule has 0 spiro atoms. The van der Waals surface area contributed by atoms with Gasteiger partial charge < -0.3 is 5.32 Å². The minimum atomic E-state index is -0.604. The van der Waals surface area contributed by atoms with Gasteiger partial charge in [-0.05, 0) is 28.1 Å². The first-order chi connectivity index (χ1) is 5.16. The van der Waals surface area contributed by atoms with Gasteiger partial charge in [0.15, 0.2) is 5.82 Å². The van der Waals surface area contributed by atoms with Crippen LogP contribution in [0, 0.1) is 11.6 Å². The number of anilines is 1. The SMILES string of the molecule is CNc1c(F)ccc(Br)c1F. The summed E-state index contributed by atoms with van der Waals surface area (Å²) in [6.07, 6.45) is 0. The van der Waals surface area contributed by atoms with E-state index < -0.39 is 11.6 Å². The molecule has 0 aliphatic carbocycles. The van der Waals surface area contributed by atoms with E-state index in [1.165, 1.54) is 19.2 Å². The normalized spacial score (nSPS) is 9.82. The van der Waals surface area contributed by atoms with Crippen LogP contribution in [0.4, 0.5) is 14.5 Å². The Kier molecular flexibility index (Phi) is 2.44. The van der Waals surface area contributed by atoms with Crippen LogP contribution in [-0.4, -0.2) is 7.05 Å². The van der Waals surface area contributed by atoms with Gasteiger partial charge >= 0.3 is 0 Å². The molecule has 0 saturated heterocycles. The molecule has 0 unspecified atom stereocenters. The Hall–Kier alpha value is -0.640. The standard InChI is InChI=1S/C7H6BrF2N/c1-11-7-5(9)3-2-4(8)6(7)10/h2-3,11H,1H3. The summed E-state index contributed by atoms with van der Waals surface area (Å²) in [7, 11) is 1.47. The molecular formula is C7H6BrF2N. The van der Waals surface area contributed by atoms with E-state index in [-0.39, 0.29) is 10.2 Å². The van der Waals surface area contributed by atoms with Crippen LogP contribution in [-0.2, 0) is 0 Å². The van der Waals surface area contributed by atoms with Crippen LogP contribution in [0.3, 0.4) is 0 Å². The Morgan fingerprint density at radius 3 is 2.45 bits per heavy atom. The van der Waals surface area contributed by atoms with Gasteiger partial charge in [-0.3, -0.25) is 0 Å². The molecule has 0 radical (unpaired) electrons. The zero-order valence-corrected chi connectivity index (χ0v) is 7.37. The Morgan fingerprint density at radius 1 is 1.36 bits per heavy atom. The maximum Gasteiger partial charge on any atom is 0.163 e. The first-order valence-corrected chi connectivity index (χ1v) is 3.77. The van der Waals surface area contributed by atoms with E-state index in [1.807, 2.05) is 0 Å². The van der Waals surface area contributed by atoms with Gasteiger partial charge in [0.1, 0.15) is 11.5 Å². The third-order valence-electron chi connectivity index (χ3n) is 1.29. The highest BCUT2D eigenvalue weighted by Gasteiger charge is 2.09. The zero-order valence-electron chi connectivity index (χ0n) is 5.79. The third-order valence-corrected chi connectivity index (χ3v) is 1.91. The Bertz CT molecular complexity index is 275. The van der Waals surface area contributed by atoms with Crippen LogP contribution >= 0.6 is 15.9 Å². The van der Waals surface area contributed by atoms with E-state index >= 15 is 0 Å². The molecule has 1 N–H and O–H groups in total. The topological polar surface area (TPSA) is 12.0 Å². The molecular weight excluding hydrogens is 216 g/mol. The molecule has 11 heavy (non-hydrogen) atoms. The number of hydrogen-bond acceptors (Lipinski definition) is 1. The largest absolute Gasteiger partial charge is 0.383 e. The second kappa shape index (κ2) is 3.17. The van der Waals surface area contributed by atoms with Gasteiger partial charge in [0.2, 0.25) is 0 Å². The molecule has 60 valence electrons. The molecule has 0 aromatic heterocycles. The van der Waals surface area contributed by atoms with E-state index in [1.54, 1.807) is 0 Å². The van der Waals surface area contributed by atoms with E-state index in [0.29, 0.717) is 0 Å². The van der Waals surface area contributed by atoms with Crippen molar-refractivity contribution < 1.29 is 8.78 Å². The maximum atomic E-state index is 12.9. The molecule has 1 nitrogen and oxygen atoms in total.